The van der Waals surface area contributed by atoms with Crippen molar-refractivity contribution in [3.05, 3.63) is 21.0 Å². The molecule has 0 saturated heterocycles. The van der Waals surface area contributed by atoms with Gasteiger partial charge in [0.2, 0.25) is 6.49 Å². The fourth-order valence-corrected chi connectivity index (χ4v) is 6.15. The van der Waals surface area contributed by atoms with Crippen LogP contribution < -0.4 is 16.5 Å². The molecule has 1 rings (SSSR count). The Bertz CT molecular complexity index is 635. The molecule has 0 aromatic carbocycles. The molecule has 1 unspecified atom stereocenters. The monoisotopic (exact) mass is 365 g/mol. The second-order valence-electron chi connectivity index (χ2n) is 5.76. The van der Waals surface area contributed by atoms with Gasteiger partial charge in [0, 0.05) is 12.2 Å². The van der Waals surface area contributed by atoms with E-state index in [-0.39, 0.29) is 11.9 Å². The van der Waals surface area contributed by atoms with Crippen LogP contribution >= 0.6 is 17.9 Å². The maximum Gasteiger partial charge on any atom is 0.443 e. The first-order valence-corrected chi connectivity index (χ1v) is 11.6. The highest BCUT2D eigenvalue weighted by Crippen LogP contribution is 2.55. The summed E-state index contributed by atoms with van der Waals surface area (Å²) in [4.78, 5) is 24.0. The molecule has 1 atom stereocenters. The minimum atomic E-state index is -2.67. The van der Waals surface area contributed by atoms with Crippen molar-refractivity contribution in [2.45, 2.75) is 71.8 Å². The molecule has 0 spiro atoms. The molecule has 1 heterocycles. The lowest BCUT2D eigenvalue weighted by Crippen LogP contribution is -2.28. The summed E-state index contributed by atoms with van der Waals surface area (Å²) in [5, 5.41) is 3.03. The van der Waals surface area contributed by atoms with Gasteiger partial charge in [0.05, 0.1) is 12.4 Å². The van der Waals surface area contributed by atoms with E-state index < -0.39 is 17.9 Å². The van der Waals surface area contributed by atoms with Crippen molar-refractivity contribution < 1.29 is 9.09 Å². The minimum absolute atomic E-state index is 0.0357. The Labute approximate surface area is 141 Å². The molecule has 1 aromatic rings. The number of nitrogens with one attached hydrogen (secondary N) is 1. The van der Waals surface area contributed by atoms with Gasteiger partial charge in [0.15, 0.2) is 0 Å². The van der Waals surface area contributed by atoms with Crippen LogP contribution in [0.3, 0.4) is 0 Å². The minimum Gasteiger partial charge on any atom is -0.317 e. The molecular weight excluding hydrogens is 337 g/mol. The van der Waals surface area contributed by atoms with E-state index in [4.69, 9.17) is 4.52 Å². The van der Waals surface area contributed by atoms with E-state index in [0.717, 1.165) is 46.4 Å². The van der Waals surface area contributed by atoms with Gasteiger partial charge in [-0.3, -0.25) is 9.65 Å². The number of hydrogen-bond donors (Lipinski definition) is 1. The van der Waals surface area contributed by atoms with Gasteiger partial charge in [0.25, 0.3) is 0 Å². The van der Waals surface area contributed by atoms with Gasteiger partial charge in [0.1, 0.15) is 0 Å². The summed E-state index contributed by atoms with van der Waals surface area (Å²) >= 11 is 1.11. The normalized spacial score (nSPS) is 14.3. The number of aromatic nitrogens is 2. The first-order valence-electron chi connectivity index (χ1n) is 8.15. The molecule has 23 heavy (non-hydrogen) atoms. The predicted octanol–water partition coefficient (Wildman–Crippen LogP) is 3.09. The van der Waals surface area contributed by atoms with Gasteiger partial charge in [-0.1, -0.05) is 44.5 Å². The fourth-order valence-electron chi connectivity index (χ4n) is 2.09. The largest absolute Gasteiger partial charge is 0.443 e. The molecule has 9 heteroatoms. The van der Waals surface area contributed by atoms with Gasteiger partial charge in [-0.15, -0.1) is 0 Å². The van der Waals surface area contributed by atoms with Crippen LogP contribution in [0.25, 0.3) is 0 Å². The topological polar surface area (TPSA) is 86.2 Å². The summed E-state index contributed by atoms with van der Waals surface area (Å²) < 4.78 is 19.7. The van der Waals surface area contributed by atoms with Crippen LogP contribution in [0.1, 0.15) is 53.4 Å². The van der Waals surface area contributed by atoms with Crippen LogP contribution in [0.2, 0.25) is 0 Å². The molecule has 0 amide bonds. The molecule has 1 aromatic heterocycles. The Morgan fingerprint density at radius 1 is 1.22 bits per heavy atom. The zero-order chi connectivity index (χ0) is 17.5. The summed E-state index contributed by atoms with van der Waals surface area (Å²) in [7, 11) is 0. The molecule has 0 bridgehead atoms. The zero-order valence-corrected chi connectivity index (χ0v) is 16.1. The average Bonchev–Trinajstić information content (AvgIpc) is 2.75. The quantitative estimate of drug-likeness (QED) is 0.479. The van der Waals surface area contributed by atoms with Crippen LogP contribution in [0.15, 0.2) is 14.1 Å². The number of aryl methyl sites for hydroxylation is 1. The van der Waals surface area contributed by atoms with E-state index in [1.807, 2.05) is 20.8 Å². The van der Waals surface area contributed by atoms with E-state index >= 15 is 0 Å². The van der Waals surface area contributed by atoms with Gasteiger partial charge in [-0.05, 0) is 20.3 Å². The lowest BCUT2D eigenvalue weighted by atomic mass is 10.2. The third-order valence-corrected chi connectivity index (χ3v) is 8.56. The van der Waals surface area contributed by atoms with Crippen LogP contribution in [0, 0.1) is 0 Å². The molecule has 0 saturated carbocycles. The van der Waals surface area contributed by atoms with Gasteiger partial charge >= 0.3 is 11.4 Å². The summed E-state index contributed by atoms with van der Waals surface area (Å²) in [6.07, 6.45) is 4.45. The Hall–Kier alpha value is -0.720. The first kappa shape index (κ1) is 20.3. The molecule has 1 N–H and O–H groups in total. The first-order chi connectivity index (χ1) is 10.8. The maximum atomic E-state index is 12.6. The van der Waals surface area contributed by atoms with E-state index in [9.17, 15) is 14.2 Å². The number of unbranched alkanes of at least 4 members (excludes halogenated alkanes) is 3. The summed E-state index contributed by atoms with van der Waals surface area (Å²) in [5.74, 6) is -0.654. The molecule has 0 radical (unpaired) electrons. The Balaban J connectivity index is 2.74. The van der Waals surface area contributed by atoms with Crippen LogP contribution in [-0.2, 0) is 17.0 Å². The highest BCUT2D eigenvalue weighted by atomic mass is 32.7. The standard InChI is InChI=1S/C14H28N3O4PS/c1-5-7-8-9-10-17-13(18)16(14(19)21-17)11-23-22(20,6-2)15-12(3)4/h12H,5-11H2,1-4H3,(H,15,20). The smallest absolute Gasteiger partial charge is 0.317 e. The van der Waals surface area contributed by atoms with Crippen LogP contribution in [0.4, 0.5) is 0 Å². The molecule has 0 fully saturated rings. The lowest BCUT2D eigenvalue weighted by molar-refractivity contribution is 0.236. The van der Waals surface area contributed by atoms with Crippen molar-refractivity contribution in [2.75, 3.05) is 6.16 Å². The second kappa shape index (κ2) is 9.55. The Morgan fingerprint density at radius 3 is 2.48 bits per heavy atom. The van der Waals surface area contributed by atoms with Crippen molar-refractivity contribution in [3.63, 3.8) is 0 Å². The second-order valence-corrected chi connectivity index (χ2v) is 11.1. The number of nitrogens with zero attached hydrogens (tertiary/aromatic N) is 2. The Morgan fingerprint density at radius 2 is 1.91 bits per heavy atom. The van der Waals surface area contributed by atoms with Crippen LogP contribution in [0.5, 0.6) is 0 Å². The Kier molecular flexibility index (Phi) is 8.44. The van der Waals surface area contributed by atoms with E-state index in [1.165, 1.54) is 0 Å². The van der Waals surface area contributed by atoms with Gasteiger partial charge in [-0.25, -0.2) is 14.2 Å². The van der Waals surface area contributed by atoms with Crippen molar-refractivity contribution in [1.82, 2.24) is 14.4 Å². The van der Waals surface area contributed by atoms with E-state index in [1.54, 1.807) is 0 Å². The van der Waals surface area contributed by atoms with Crippen molar-refractivity contribution in [3.8, 4) is 0 Å². The number of rotatable bonds is 11. The van der Waals surface area contributed by atoms with E-state index in [0.29, 0.717) is 12.7 Å². The SMILES string of the molecule is CCCCCCn1oc(=O)n(CSP(=O)(CC)NC(C)C)c1=O. The summed E-state index contributed by atoms with van der Waals surface area (Å²) in [6, 6.07) is 0.0737. The highest BCUT2D eigenvalue weighted by Gasteiger charge is 2.23. The molecule has 7 nitrogen and oxygen atoms in total. The molecular formula is C14H28N3O4PS. The maximum absolute atomic E-state index is 12.6. The molecule has 134 valence electrons. The number of hydrogen-bond acceptors (Lipinski definition) is 5. The molecule has 0 aliphatic carbocycles. The van der Waals surface area contributed by atoms with E-state index in [2.05, 4.69) is 12.0 Å². The van der Waals surface area contributed by atoms with Gasteiger partial charge < -0.3 is 4.52 Å². The summed E-state index contributed by atoms with van der Waals surface area (Å²) in [5.41, 5.74) is -0.466. The van der Waals surface area contributed by atoms with Crippen molar-refractivity contribution in [2.24, 2.45) is 0 Å². The zero-order valence-electron chi connectivity index (χ0n) is 14.4. The average molecular weight is 365 g/mol. The van der Waals surface area contributed by atoms with Crippen LogP contribution in [-0.4, -0.2) is 21.5 Å². The molecule has 0 aliphatic heterocycles. The summed E-state index contributed by atoms with van der Waals surface area (Å²) in [6.45, 7) is 5.50. The third-order valence-electron chi connectivity index (χ3n) is 3.33. The van der Waals surface area contributed by atoms with Crippen molar-refractivity contribution in [1.29, 1.82) is 0 Å². The fraction of sp³-hybridized carbons (Fsp3) is 0.857. The van der Waals surface area contributed by atoms with Gasteiger partial charge in [-0.2, -0.15) is 4.74 Å². The third kappa shape index (κ3) is 6.36. The lowest BCUT2D eigenvalue weighted by Gasteiger charge is -2.19. The molecule has 0 aliphatic rings. The highest BCUT2D eigenvalue weighted by molar-refractivity contribution is 8.57. The van der Waals surface area contributed by atoms with Crippen molar-refractivity contribution >= 4 is 17.9 Å². The predicted molar refractivity (Wildman–Crippen MR) is 95.4 cm³/mol.